The minimum atomic E-state index is -4.74. The summed E-state index contributed by atoms with van der Waals surface area (Å²) in [4.78, 5) is 0. The summed E-state index contributed by atoms with van der Waals surface area (Å²) in [5, 5.41) is 0. The Labute approximate surface area is 121 Å². The molecule has 0 saturated heterocycles. The second-order valence-electron chi connectivity index (χ2n) is 4.24. The molecule has 0 aliphatic carbocycles. The Hall–Kier alpha value is -1.40. The molecule has 2 aromatic carbocycles. The van der Waals surface area contributed by atoms with Gasteiger partial charge in [0.05, 0.1) is 11.6 Å². The normalized spacial score (nSPS) is 13.3. The fourth-order valence-corrected chi connectivity index (χ4v) is 2.12. The molecule has 106 valence electrons. The van der Waals surface area contributed by atoms with E-state index >= 15 is 0 Å². The van der Waals surface area contributed by atoms with Crippen molar-refractivity contribution in [2.24, 2.45) is 5.73 Å². The third-order valence-corrected chi connectivity index (χ3v) is 3.43. The van der Waals surface area contributed by atoms with Gasteiger partial charge in [-0.25, -0.2) is 4.39 Å². The first-order chi connectivity index (χ1) is 9.30. The van der Waals surface area contributed by atoms with Crippen LogP contribution in [0.1, 0.15) is 22.7 Å². The molecule has 0 aliphatic rings. The number of alkyl halides is 3. The lowest BCUT2D eigenvalue weighted by atomic mass is 9.97. The molecule has 0 saturated carbocycles. The van der Waals surface area contributed by atoms with Gasteiger partial charge in [-0.1, -0.05) is 40.2 Å². The van der Waals surface area contributed by atoms with Crippen LogP contribution < -0.4 is 5.73 Å². The largest absolute Gasteiger partial charge is 0.419 e. The number of hydrogen-bond donors (Lipinski definition) is 1. The number of hydrogen-bond acceptors (Lipinski definition) is 1. The van der Waals surface area contributed by atoms with E-state index in [9.17, 15) is 17.6 Å². The third-order valence-electron chi connectivity index (χ3n) is 2.90. The van der Waals surface area contributed by atoms with Gasteiger partial charge in [-0.2, -0.15) is 13.2 Å². The Kier molecular flexibility index (Phi) is 4.15. The maximum atomic E-state index is 14.0. The maximum absolute atomic E-state index is 14.0. The van der Waals surface area contributed by atoms with Gasteiger partial charge in [-0.3, -0.25) is 0 Å². The number of rotatable bonds is 2. The molecule has 0 radical (unpaired) electrons. The van der Waals surface area contributed by atoms with Crippen LogP contribution in [-0.4, -0.2) is 0 Å². The minimum Gasteiger partial charge on any atom is -0.320 e. The smallest absolute Gasteiger partial charge is 0.320 e. The molecular formula is C14H10BrF4N. The highest BCUT2D eigenvalue weighted by molar-refractivity contribution is 9.10. The summed E-state index contributed by atoms with van der Waals surface area (Å²) in [7, 11) is 0. The van der Waals surface area contributed by atoms with Gasteiger partial charge in [0.25, 0.3) is 0 Å². The molecule has 0 amide bonds. The van der Waals surface area contributed by atoms with Crippen LogP contribution in [0.3, 0.4) is 0 Å². The van der Waals surface area contributed by atoms with Crippen LogP contribution in [0.25, 0.3) is 0 Å². The number of nitrogens with two attached hydrogens (primary N) is 1. The third kappa shape index (κ3) is 3.02. The van der Waals surface area contributed by atoms with E-state index in [-0.39, 0.29) is 5.56 Å². The first-order valence-corrected chi connectivity index (χ1v) is 6.46. The molecule has 0 fully saturated rings. The summed E-state index contributed by atoms with van der Waals surface area (Å²) in [6.07, 6.45) is -4.74. The molecule has 20 heavy (non-hydrogen) atoms. The molecule has 1 atom stereocenters. The van der Waals surface area contributed by atoms with Crippen molar-refractivity contribution in [2.45, 2.75) is 12.2 Å². The molecule has 6 heteroatoms. The van der Waals surface area contributed by atoms with E-state index in [2.05, 4.69) is 15.9 Å². The lowest BCUT2D eigenvalue weighted by molar-refractivity contribution is -0.140. The second kappa shape index (κ2) is 5.54. The molecule has 2 N–H and O–H groups in total. The van der Waals surface area contributed by atoms with E-state index in [1.165, 1.54) is 6.07 Å². The van der Waals surface area contributed by atoms with Crippen molar-refractivity contribution in [1.29, 1.82) is 0 Å². The van der Waals surface area contributed by atoms with Gasteiger partial charge in [-0.15, -0.1) is 0 Å². The standard InChI is InChI=1S/C14H10BrF4N/c15-9-6-4-8(5-7-9)13(20)10-2-1-3-11(12(10)16)14(17,18)19/h1-7,13H,20H2. The van der Waals surface area contributed by atoms with E-state index in [1.807, 2.05) is 0 Å². The highest BCUT2D eigenvalue weighted by Crippen LogP contribution is 2.34. The van der Waals surface area contributed by atoms with Gasteiger partial charge < -0.3 is 5.73 Å². The van der Waals surface area contributed by atoms with E-state index in [0.717, 1.165) is 10.5 Å². The first kappa shape index (κ1) is 15.0. The van der Waals surface area contributed by atoms with Crippen LogP contribution in [0.2, 0.25) is 0 Å². The van der Waals surface area contributed by atoms with Crippen LogP contribution in [-0.2, 0) is 6.18 Å². The number of halogens is 5. The molecule has 2 aromatic rings. The van der Waals surface area contributed by atoms with Gasteiger partial charge in [0.2, 0.25) is 0 Å². The topological polar surface area (TPSA) is 26.0 Å². The molecule has 0 aromatic heterocycles. The first-order valence-electron chi connectivity index (χ1n) is 5.67. The van der Waals surface area contributed by atoms with Crippen LogP contribution in [0, 0.1) is 5.82 Å². The summed E-state index contributed by atoms with van der Waals surface area (Å²) in [6, 6.07) is 8.82. The van der Waals surface area contributed by atoms with Gasteiger partial charge in [0.1, 0.15) is 5.82 Å². The lowest BCUT2D eigenvalue weighted by Crippen LogP contribution is -2.17. The van der Waals surface area contributed by atoms with Gasteiger partial charge >= 0.3 is 6.18 Å². The van der Waals surface area contributed by atoms with Crippen molar-refractivity contribution < 1.29 is 17.6 Å². The maximum Gasteiger partial charge on any atom is 0.419 e. The molecule has 2 rings (SSSR count). The molecule has 0 spiro atoms. The average Bonchev–Trinajstić information content (AvgIpc) is 2.37. The molecule has 1 nitrogen and oxygen atoms in total. The van der Waals surface area contributed by atoms with Crippen molar-refractivity contribution in [3.05, 3.63) is 69.4 Å². The minimum absolute atomic E-state index is 0.179. The van der Waals surface area contributed by atoms with Gasteiger partial charge in [0, 0.05) is 10.0 Å². The summed E-state index contributed by atoms with van der Waals surface area (Å²) in [5.74, 6) is -1.32. The average molecular weight is 348 g/mol. The highest BCUT2D eigenvalue weighted by Gasteiger charge is 2.35. The Balaban J connectivity index is 2.45. The van der Waals surface area contributed by atoms with Crippen LogP contribution in [0.5, 0.6) is 0 Å². The van der Waals surface area contributed by atoms with Gasteiger partial charge in [0.15, 0.2) is 0 Å². The highest BCUT2D eigenvalue weighted by atomic mass is 79.9. The predicted octanol–water partition coefficient (Wildman–Crippen LogP) is 4.66. The Morgan fingerprint density at radius 3 is 2.15 bits per heavy atom. The summed E-state index contributed by atoms with van der Waals surface area (Å²) in [6.45, 7) is 0. The summed E-state index contributed by atoms with van der Waals surface area (Å²) < 4.78 is 52.8. The van der Waals surface area contributed by atoms with Crippen molar-refractivity contribution >= 4 is 15.9 Å². The van der Waals surface area contributed by atoms with Crippen molar-refractivity contribution in [3.8, 4) is 0 Å². The fourth-order valence-electron chi connectivity index (χ4n) is 1.86. The Bertz CT molecular complexity index is 608. The Morgan fingerprint density at radius 1 is 1.00 bits per heavy atom. The fraction of sp³-hybridized carbons (Fsp3) is 0.143. The van der Waals surface area contributed by atoms with Crippen LogP contribution >= 0.6 is 15.9 Å². The predicted molar refractivity (Wildman–Crippen MR) is 71.6 cm³/mol. The van der Waals surface area contributed by atoms with Crippen LogP contribution in [0.4, 0.5) is 17.6 Å². The Morgan fingerprint density at radius 2 is 1.60 bits per heavy atom. The van der Waals surface area contributed by atoms with Crippen molar-refractivity contribution in [3.63, 3.8) is 0 Å². The molecule has 0 heterocycles. The molecule has 1 unspecified atom stereocenters. The van der Waals surface area contributed by atoms with E-state index in [4.69, 9.17) is 5.73 Å². The van der Waals surface area contributed by atoms with Crippen LogP contribution in [0.15, 0.2) is 46.9 Å². The van der Waals surface area contributed by atoms with E-state index < -0.39 is 23.6 Å². The SMILES string of the molecule is NC(c1ccc(Br)cc1)c1cccc(C(F)(F)F)c1F. The molecule has 0 bridgehead atoms. The van der Waals surface area contributed by atoms with E-state index in [0.29, 0.717) is 11.6 Å². The quantitative estimate of drug-likeness (QED) is 0.786. The zero-order valence-electron chi connectivity index (χ0n) is 10.1. The lowest BCUT2D eigenvalue weighted by Gasteiger charge is -2.16. The van der Waals surface area contributed by atoms with Gasteiger partial charge in [-0.05, 0) is 23.8 Å². The zero-order valence-corrected chi connectivity index (χ0v) is 11.7. The molecule has 0 aliphatic heterocycles. The second-order valence-corrected chi connectivity index (χ2v) is 5.15. The van der Waals surface area contributed by atoms with Crippen molar-refractivity contribution in [2.75, 3.05) is 0 Å². The summed E-state index contributed by atoms with van der Waals surface area (Å²) >= 11 is 3.24. The molecular weight excluding hydrogens is 338 g/mol. The van der Waals surface area contributed by atoms with Crippen molar-refractivity contribution in [1.82, 2.24) is 0 Å². The summed E-state index contributed by atoms with van der Waals surface area (Å²) in [5.41, 5.74) is 4.91. The number of benzene rings is 2. The van der Waals surface area contributed by atoms with E-state index in [1.54, 1.807) is 24.3 Å². The monoisotopic (exact) mass is 347 g/mol. The zero-order chi connectivity index (χ0) is 14.9.